The lowest BCUT2D eigenvalue weighted by molar-refractivity contribution is -0.385. The third-order valence-electron chi connectivity index (χ3n) is 1.06. The molecule has 56 valence electrons. The van der Waals surface area contributed by atoms with Gasteiger partial charge in [0.05, 0.1) is 11.0 Å². The molecule has 0 aliphatic rings. The first-order chi connectivity index (χ1) is 5.24. The molecule has 11 heavy (non-hydrogen) atoms. The van der Waals surface area contributed by atoms with Crippen molar-refractivity contribution in [3.05, 3.63) is 22.5 Å². The van der Waals surface area contributed by atoms with Crippen molar-refractivity contribution in [2.24, 2.45) is 0 Å². The van der Waals surface area contributed by atoms with Crippen molar-refractivity contribution >= 4 is 5.69 Å². The van der Waals surface area contributed by atoms with Crippen LogP contribution in [-0.4, -0.2) is 14.7 Å². The molecular weight excluding hydrogens is 148 g/mol. The highest BCUT2D eigenvalue weighted by Gasteiger charge is 2.07. The molecule has 0 fully saturated rings. The lowest BCUT2D eigenvalue weighted by Crippen LogP contribution is -1.94. The van der Waals surface area contributed by atoms with E-state index in [2.05, 4.69) is 5.10 Å². The third kappa shape index (κ3) is 1.52. The Morgan fingerprint density at radius 3 is 3.09 bits per heavy atom. The Bertz CT molecular complexity index is 311. The fourth-order valence-corrected chi connectivity index (χ4v) is 0.606. The number of nitro groups is 1. The minimum Gasteiger partial charge on any atom is -0.258 e. The van der Waals surface area contributed by atoms with E-state index in [1.807, 2.05) is 6.07 Å². The lowest BCUT2D eigenvalue weighted by atomic mass is 10.6. The van der Waals surface area contributed by atoms with Gasteiger partial charge in [0.1, 0.15) is 18.9 Å². The number of nitrogens with zero attached hydrogens (tertiary/aromatic N) is 4. The molecule has 0 amide bonds. The predicted molar refractivity (Wildman–Crippen MR) is 34.5 cm³/mol. The number of hydrogen-bond acceptors (Lipinski definition) is 4. The van der Waals surface area contributed by atoms with Gasteiger partial charge in [-0.15, -0.1) is 0 Å². The zero-order valence-electron chi connectivity index (χ0n) is 5.47. The molecule has 1 aromatic heterocycles. The molecule has 0 spiro atoms. The first kappa shape index (κ1) is 7.21. The molecule has 1 rings (SSSR count). The molecule has 0 N–H and O–H groups in total. The van der Waals surface area contributed by atoms with Gasteiger partial charge in [-0.05, 0) is 0 Å². The molecule has 0 aromatic carbocycles. The van der Waals surface area contributed by atoms with Crippen LogP contribution in [0.4, 0.5) is 5.69 Å². The van der Waals surface area contributed by atoms with Gasteiger partial charge in [0, 0.05) is 0 Å². The molecule has 6 nitrogen and oxygen atoms in total. The van der Waals surface area contributed by atoms with Gasteiger partial charge < -0.3 is 0 Å². The smallest absolute Gasteiger partial charge is 0.258 e. The predicted octanol–water partition coefficient (Wildman–Crippen LogP) is 0.315. The summed E-state index contributed by atoms with van der Waals surface area (Å²) in [5.74, 6) is 0. The Labute approximate surface area is 61.8 Å². The zero-order chi connectivity index (χ0) is 8.27. The van der Waals surface area contributed by atoms with Gasteiger partial charge in [0.2, 0.25) is 0 Å². The highest BCUT2D eigenvalue weighted by atomic mass is 16.6. The van der Waals surface area contributed by atoms with E-state index in [4.69, 9.17) is 5.26 Å². The van der Waals surface area contributed by atoms with E-state index in [0.29, 0.717) is 0 Å². The van der Waals surface area contributed by atoms with Crippen LogP contribution in [0.5, 0.6) is 0 Å². The maximum atomic E-state index is 10.1. The topological polar surface area (TPSA) is 84.8 Å². The van der Waals surface area contributed by atoms with Gasteiger partial charge in [-0.1, -0.05) is 0 Å². The fraction of sp³-hybridized carbons (Fsp3) is 0.200. The Kier molecular flexibility index (Phi) is 1.83. The largest absolute Gasteiger partial charge is 0.307 e. The summed E-state index contributed by atoms with van der Waals surface area (Å²) < 4.78 is 1.21. The van der Waals surface area contributed by atoms with Crippen molar-refractivity contribution < 1.29 is 4.92 Å². The standard InChI is InChI=1S/C5H4N4O2/c6-1-2-8-4-5(3-7-8)9(10)11/h3-4H,2H2. The number of nitriles is 1. The molecule has 1 heterocycles. The number of aromatic nitrogens is 2. The molecule has 1 aromatic rings. The Morgan fingerprint density at radius 1 is 1.91 bits per heavy atom. The Balaban J connectivity index is 2.83. The van der Waals surface area contributed by atoms with Crippen LogP contribution in [-0.2, 0) is 6.54 Å². The minimum absolute atomic E-state index is 0.0356. The molecule has 0 atom stereocenters. The van der Waals surface area contributed by atoms with Crippen LogP contribution in [0, 0.1) is 21.4 Å². The number of hydrogen-bond donors (Lipinski definition) is 0. The van der Waals surface area contributed by atoms with Crippen molar-refractivity contribution in [1.29, 1.82) is 5.26 Å². The highest BCUT2D eigenvalue weighted by molar-refractivity contribution is 5.20. The zero-order valence-corrected chi connectivity index (χ0v) is 5.47. The molecule has 0 bridgehead atoms. The van der Waals surface area contributed by atoms with E-state index in [1.165, 1.54) is 10.9 Å². The van der Waals surface area contributed by atoms with E-state index in [1.54, 1.807) is 0 Å². The first-order valence-electron chi connectivity index (χ1n) is 2.78. The molecule has 0 aliphatic heterocycles. The van der Waals surface area contributed by atoms with E-state index < -0.39 is 4.92 Å². The summed E-state index contributed by atoms with van der Waals surface area (Å²) in [7, 11) is 0. The third-order valence-corrected chi connectivity index (χ3v) is 1.06. The Hall–Kier alpha value is -1.90. The summed E-state index contributed by atoms with van der Waals surface area (Å²) in [6.45, 7) is 0.0356. The second-order valence-corrected chi connectivity index (χ2v) is 1.81. The summed E-state index contributed by atoms with van der Waals surface area (Å²) in [6.07, 6.45) is 2.32. The highest BCUT2D eigenvalue weighted by Crippen LogP contribution is 2.06. The van der Waals surface area contributed by atoms with Crippen LogP contribution in [0.1, 0.15) is 0 Å². The second kappa shape index (κ2) is 2.79. The van der Waals surface area contributed by atoms with Crippen LogP contribution >= 0.6 is 0 Å². The molecule has 0 aliphatic carbocycles. The monoisotopic (exact) mass is 152 g/mol. The van der Waals surface area contributed by atoms with Gasteiger partial charge in [-0.2, -0.15) is 10.4 Å². The number of rotatable bonds is 2. The quantitative estimate of drug-likeness (QED) is 0.451. The first-order valence-corrected chi connectivity index (χ1v) is 2.78. The van der Waals surface area contributed by atoms with Crippen LogP contribution < -0.4 is 0 Å². The van der Waals surface area contributed by atoms with Crippen LogP contribution in [0.2, 0.25) is 0 Å². The van der Waals surface area contributed by atoms with Crippen molar-refractivity contribution in [2.75, 3.05) is 0 Å². The maximum Gasteiger partial charge on any atom is 0.307 e. The van der Waals surface area contributed by atoms with Crippen LogP contribution in [0.3, 0.4) is 0 Å². The summed E-state index contributed by atoms with van der Waals surface area (Å²) in [5.41, 5.74) is -0.0970. The van der Waals surface area contributed by atoms with Crippen molar-refractivity contribution in [1.82, 2.24) is 9.78 Å². The maximum absolute atomic E-state index is 10.1. The summed E-state index contributed by atoms with van der Waals surface area (Å²) in [6, 6.07) is 1.81. The Morgan fingerprint density at radius 2 is 2.64 bits per heavy atom. The summed E-state index contributed by atoms with van der Waals surface area (Å²) in [4.78, 5) is 9.53. The van der Waals surface area contributed by atoms with Crippen molar-refractivity contribution in [3.8, 4) is 6.07 Å². The molecule has 0 unspecified atom stereocenters. The average Bonchev–Trinajstić information content (AvgIpc) is 2.37. The fourth-order valence-electron chi connectivity index (χ4n) is 0.606. The minimum atomic E-state index is -0.555. The van der Waals surface area contributed by atoms with E-state index in [-0.39, 0.29) is 12.2 Å². The van der Waals surface area contributed by atoms with Crippen molar-refractivity contribution in [3.63, 3.8) is 0 Å². The van der Waals surface area contributed by atoms with E-state index >= 15 is 0 Å². The second-order valence-electron chi connectivity index (χ2n) is 1.81. The summed E-state index contributed by atoms with van der Waals surface area (Å²) >= 11 is 0. The van der Waals surface area contributed by atoms with E-state index in [0.717, 1.165) is 6.20 Å². The molecule has 0 radical (unpaired) electrons. The molecule has 6 heteroatoms. The van der Waals surface area contributed by atoms with Gasteiger partial charge in [-0.3, -0.25) is 14.8 Å². The van der Waals surface area contributed by atoms with Crippen LogP contribution in [0.25, 0.3) is 0 Å². The van der Waals surface area contributed by atoms with Gasteiger partial charge in [0.25, 0.3) is 0 Å². The molecular formula is C5H4N4O2. The SMILES string of the molecule is N#CCn1cc([N+](=O)[O-])cn1. The van der Waals surface area contributed by atoms with E-state index in [9.17, 15) is 10.1 Å². The average molecular weight is 152 g/mol. The summed E-state index contributed by atoms with van der Waals surface area (Å²) in [5, 5.41) is 21.9. The van der Waals surface area contributed by atoms with Gasteiger partial charge in [0.15, 0.2) is 0 Å². The lowest BCUT2D eigenvalue weighted by Gasteiger charge is -1.85. The van der Waals surface area contributed by atoms with Crippen LogP contribution in [0.15, 0.2) is 12.4 Å². The normalized spacial score (nSPS) is 9.00. The van der Waals surface area contributed by atoms with Gasteiger partial charge >= 0.3 is 5.69 Å². The van der Waals surface area contributed by atoms with Gasteiger partial charge in [-0.25, -0.2) is 0 Å². The molecule has 0 saturated heterocycles. The van der Waals surface area contributed by atoms with Crippen molar-refractivity contribution in [2.45, 2.75) is 6.54 Å². The molecule has 0 saturated carbocycles.